The lowest BCUT2D eigenvalue weighted by molar-refractivity contribution is -0.134. The van der Waals surface area contributed by atoms with Gasteiger partial charge >= 0.3 is 5.97 Å². The molecule has 0 atom stereocenters. The zero-order chi connectivity index (χ0) is 11.6. The number of halogens is 3. The number of carboxylic acid groups (broad SMARTS) is 1. The van der Waals surface area contributed by atoms with Gasteiger partial charge in [0.2, 0.25) is 5.83 Å². The van der Waals surface area contributed by atoms with Crippen LogP contribution in [-0.4, -0.2) is 11.1 Å². The third kappa shape index (κ3) is 2.37. The first-order chi connectivity index (χ1) is 6.93. The van der Waals surface area contributed by atoms with E-state index >= 15 is 0 Å². The normalized spacial score (nSPS) is 12.3. The third-order valence-corrected chi connectivity index (χ3v) is 1.85. The van der Waals surface area contributed by atoms with Crippen molar-refractivity contribution >= 4 is 11.5 Å². The predicted octanol–water partition coefficient (Wildman–Crippen LogP) is 2.75. The number of carbonyl (C=O) groups is 1. The molecule has 0 unspecified atom stereocenters. The van der Waals surface area contributed by atoms with Crippen LogP contribution in [0.5, 0.6) is 0 Å². The minimum Gasteiger partial charge on any atom is -0.476 e. The molecule has 0 aliphatic rings. The van der Waals surface area contributed by atoms with Crippen LogP contribution in [0.3, 0.4) is 0 Å². The molecule has 5 heteroatoms. The van der Waals surface area contributed by atoms with Crippen LogP contribution in [0.4, 0.5) is 13.2 Å². The van der Waals surface area contributed by atoms with Crippen LogP contribution in [-0.2, 0) is 4.79 Å². The monoisotopic (exact) mass is 216 g/mol. The van der Waals surface area contributed by atoms with E-state index in [-0.39, 0.29) is 0 Å². The van der Waals surface area contributed by atoms with Gasteiger partial charge in [0.1, 0.15) is 11.6 Å². The van der Waals surface area contributed by atoms with Crippen molar-refractivity contribution in [1.82, 2.24) is 0 Å². The number of rotatable bonds is 2. The van der Waals surface area contributed by atoms with Crippen LogP contribution in [0.25, 0.3) is 5.57 Å². The molecule has 0 amide bonds. The second kappa shape index (κ2) is 4.16. The van der Waals surface area contributed by atoms with Gasteiger partial charge in [-0.3, -0.25) is 0 Å². The molecule has 2 nitrogen and oxygen atoms in total. The molecule has 0 bridgehead atoms. The summed E-state index contributed by atoms with van der Waals surface area (Å²) >= 11 is 0. The second-order valence-corrected chi connectivity index (χ2v) is 2.87. The zero-order valence-electron chi connectivity index (χ0n) is 7.72. The Hall–Kier alpha value is -1.78. The topological polar surface area (TPSA) is 37.3 Å². The molecule has 0 aliphatic heterocycles. The van der Waals surface area contributed by atoms with Crippen molar-refractivity contribution in [3.63, 3.8) is 0 Å². The Morgan fingerprint density at radius 1 is 1.33 bits per heavy atom. The van der Waals surface area contributed by atoms with Gasteiger partial charge < -0.3 is 5.11 Å². The number of aliphatic carboxylic acids is 1. The van der Waals surface area contributed by atoms with E-state index in [2.05, 4.69) is 0 Å². The molecule has 1 N–H and O–H groups in total. The predicted molar refractivity (Wildman–Crippen MR) is 47.7 cm³/mol. The summed E-state index contributed by atoms with van der Waals surface area (Å²) in [5.41, 5.74) is -0.839. The van der Waals surface area contributed by atoms with Crippen LogP contribution in [0.15, 0.2) is 24.0 Å². The number of benzene rings is 1. The van der Waals surface area contributed by atoms with E-state index in [1.807, 2.05) is 0 Å². The SMILES string of the molecule is CC(=C(F)C(=O)O)c1cc(F)ccc1F. The van der Waals surface area contributed by atoms with Crippen LogP contribution in [0.2, 0.25) is 0 Å². The smallest absolute Gasteiger partial charge is 0.365 e. The summed E-state index contributed by atoms with van der Waals surface area (Å²) < 4.78 is 38.7. The van der Waals surface area contributed by atoms with Gasteiger partial charge in [0, 0.05) is 11.1 Å². The molecule has 1 aromatic carbocycles. The van der Waals surface area contributed by atoms with E-state index in [9.17, 15) is 18.0 Å². The lowest BCUT2D eigenvalue weighted by Crippen LogP contribution is -1.99. The van der Waals surface area contributed by atoms with E-state index in [1.54, 1.807) is 0 Å². The fourth-order valence-electron chi connectivity index (χ4n) is 1.06. The molecule has 0 spiro atoms. The fraction of sp³-hybridized carbons (Fsp3) is 0.100. The van der Waals surface area contributed by atoms with Crippen LogP contribution >= 0.6 is 0 Å². The zero-order valence-corrected chi connectivity index (χ0v) is 7.72. The molecular formula is C10H7F3O2. The first-order valence-corrected chi connectivity index (χ1v) is 3.98. The Balaban J connectivity index is 3.33. The van der Waals surface area contributed by atoms with Crippen molar-refractivity contribution in [2.24, 2.45) is 0 Å². The maximum Gasteiger partial charge on any atom is 0.365 e. The van der Waals surface area contributed by atoms with Crippen LogP contribution in [0, 0.1) is 11.6 Å². The molecule has 0 aromatic heterocycles. The highest BCUT2D eigenvalue weighted by Crippen LogP contribution is 2.23. The van der Waals surface area contributed by atoms with Gasteiger partial charge in [-0.15, -0.1) is 0 Å². The summed E-state index contributed by atoms with van der Waals surface area (Å²) in [4.78, 5) is 10.3. The number of carboxylic acids is 1. The molecular weight excluding hydrogens is 209 g/mol. The molecule has 80 valence electrons. The fourth-order valence-corrected chi connectivity index (χ4v) is 1.06. The highest BCUT2D eigenvalue weighted by atomic mass is 19.1. The summed E-state index contributed by atoms with van der Waals surface area (Å²) in [5, 5.41) is 8.32. The number of allylic oxidation sites excluding steroid dienone is 1. The minimum absolute atomic E-state index is 0.394. The Kier molecular flexibility index (Phi) is 3.14. The Morgan fingerprint density at radius 3 is 2.47 bits per heavy atom. The van der Waals surface area contributed by atoms with E-state index in [0.717, 1.165) is 25.1 Å². The van der Waals surface area contributed by atoms with Crippen molar-refractivity contribution in [3.8, 4) is 0 Å². The van der Waals surface area contributed by atoms with Gasteiger partial charge in [0.05, 0.1) is 0 Å². The van der Waals surface area contributed by atoms with Gasteiger partial charge in [-0.05, 0) is 25.1 Å². The lowest BCUT2D eigenvalue weighted by Gasteiger charge is -2.03. The molecule has 0 aliphatic carbocycles. The summed E-state index contributed by atoms with van der Waals surface area (Å²) in [5.74, 6) is -4.94. The Bertz CT molecular complexity index is 438. The van der Waals surface area contributed by atoms with Gasteiger partial charge in [-0.2, -0.15) is 4.39 Å². The second-order valence-electron chi connectivity index (χ2n) is 2.87. The Labute approximate surface area is 83.7 Å². The number of hydrogen-bond donors (Lipinski definition) is 1. The van der Waals surface area contributed by atoms with Crippen LogP contribution in [0.1, 0.15) is 12.5 Å². The summed E-state index contributed by atoms with van der Waals surface area (Å²) in [6, 6.07) is 2.42. The minimum atomic E-state index is -1.81. The first-order valence-electron chi connectivity index (χ1n) is 3.98. The quantitative estimate of drug-likeness (QED) is 0.772. The molecule has 15 heavy (non-hydrogen) atoms. The molecule has 0 fully saturated rings. The standard InChI is InChI=1S/C10H7F3O2/c1-5(9(13)10(14)15)7-4-6(11)2-3-8(7)12/h2-4H,1H3,(H,14,15). The van der Waals surface area contributed by atoms with E-state index in [0.29, 0.717) is 0 Å². The summed E-state index contributed by atoms with van der Waals surface area (Å²) in [7, 11) is 0. The van der Waals surface area contributed by atoms with E-state index < -0.39 is 34.6 Å². The van der Waals surface area contributed by atoms with Crippen LogP contribution < -0.4 is 0 Å². The highest BCUT2D eigenvalue weighted by Gasteiger charge is 2.15. The highest BCUT2D eigenvalue weighted by molar-refractivity contribution is 5.93. The van der Waals surface area contributed by atoms with Gasteiger partial charge in [0.15, 0.2) is 0 Å². The molecule has 1 rings (SSSR count). The summed E-state index contributed by atoms with van der Waals surface area (Å²) in [6.45, 7) is 1.07. The van der Waals surface area contributed by atoms with Gasteiger partial charge in [-0.25, -0.2) is 13.6 Å². The maximum absolute atomic E-state index is 13.1. The van der Waals surface area contributed by atoms with Crippen molar-refractivity contribution in [1.29, 1.82) is 0 Å². The average Bonchev–Trinajstić information content (AvgIpc) is 2.19. The van der Waals surface area contributed by atoms with Crippen molar-refractivity contribution < 1.29 is 23.1 Å². The van der Waals surface area contributed by atoms with E-state index in [1.165, 1.54) is 0 Å². The van der Waals surface area contributed by atoms with Crippen molar-refractivity contribution in [2.45, 2.75) is 6.92 Å². The summed E-state index contributed by atoms with van der Waals surface area (Å²) in [6.07, 6.45) is 0. The molecule has 0 saturated carbocycles. The van der Waals surface area contributed by atoms with Gasteiger partial charge in [0.25, 0.3) is 0 Å². The lowest BCUT2D eigenvalue weighted by atomic mass is 10.1. The van der Waals surface area contributed by atoms with Crippen molar-refractivity contribution in [2.75, 3.05) is 0 Å². The molecule has 0 saturated heterocycles. The molecule has 0 radical (unpaired) electrons. The average molecular weight is 216 g/mol. The molecule has 0 heterocycles. The number of hydrogen-bond acceptors (Lipinski definition) is 1. The first kappa shape index (κ1) is 11.3. The van der Waals surface area contributed by atoms with Gasteiger partial charge in [-0.1, -0.05) is 0 Å². The largest absolute Gasteiger partial charge is 0.476 e. The Morgan fingerprint density at radius 2 is 1.93 bits per heavy atom. The maximum atomic E-state index is 13.1. The molecule has 1 aromatic rings. The third-order valence-electron chi connectivity index (χ3n) is 1.85. The van der Waals surface area contributed by atoms with E-state index in [4.69, 9.17) is 5.11 Å². The van der Waals surface area contributed by atoms with Crippen molar-refractivity contribution in [3.05, 3.63) is 41.2 Å².